The minimum atomic E-state index is -0.0770. The molecule has 0 fully saturated rings. The Hall–Kier alpha value is -2.27. The molecule has 0 saturated carbocycles. The van der Waals surface area contributed by atoms with Crippen LogP contribution < -0.4 is 11.1 Å². The third-order valence-electron chi connectivity index (χ3n) is 3.10. The minimum Gasteiger partial charge on any atom is -0.389 e. The van der Waals surface area contributed by atoms with Gasteiger partial charge in [0.25, 0.3) is 0 Å². The summed E-state index contributed by atoms with van der Waals surface area (Å²) in [5, 5.41) is 2.87. The third-order valence-corrected chi connectivity index (χ3v) is 3.34. The highest BCUT2D eigenvalue weighted by Gasteiger charge is 2.07. The maximum atomic E-state index is 12.0. The molecule has 2 aromatic rings. The number of aromatic nitrogens is 1. The Kier molecular flexibility index (Phi) is 4.65. The lowest BCUT2D eigenvalue weighted by molar-refractivity contribution is -0.115. The zero-order valence-corrected chi connectivity index (χ0v) is 12.8. The average Bonchev–Trinajstić information content (AvgIpc) is 2.42. The summed E-state index contributed by atoms with van der Waals surface area (Å²) in [4.78, 5) is 16.7. The molecule has 0 bridgehead atoms. The van der Waals surface area contributed by atoms with Crippen molar-refractivity contribution in [2.45, 2.75) is 20.3 Å². The van der Waals surface area contributed by atoms with Crippen LogP contribution in [0.3, 0.4) is 0 Å². The molecule has 21 heavy (non-hydrogen) atoms. The Morgan fingerprint density at radius 1 is 1.19 bits per heavy atom. The van der Waals surface area contributed by atoms with Crippen molar-refractivity contribution in [3.05, 3.63) is 58.9 Å². The third kappa shape index (κ3) is 4.10. The first-order chi connectivity index (χ1) is 9.95. The van der Waals surface area contributed by atoms with Crippen LogP contribution in [0.5, 0.6) is 0 Å². The Bertz CT molecular complexity index is 680. The molecular formula is C16H17N3OS. The van der Waals surface area contributed by atoms with Crippen LogP contribution in [0.25, 0.3) is 0 Å². The van der Waals surface area contributed by atoms with E-state index >= 15 is 0 Å². The van der Waals surface area contributed by atoms with Gasteiger partial charge < -0.3 is 11.1 Å². The standard InChI is InChI=1S/C16H17N3OS/c1-10-3-8-14(11(2)18-10)19-15(20)9-12-4-6-13(7-5-12)16(17)21/h3-8H,9H2,1-2H3,(H2,17,21)(H,19,20). The molecule has 1 heterocycles. The molecule has 1 aromatic heterocycles. The summed E-state index contributed by atoms with van der Waals surface area (Å²) in [7, 11) is 0. The van der Waals surface area contributed by atoms with Crippen LogP contribution in [0.15, 0.2) is 36.4 Å². The zero-order valence-electron chi connectivity index (χ0n) is 12.0. The first-order valence-corrected chi connectivity index (χ1v) is 6.99. The number of rotatable bonds is 4. The maximum absolute atomic E-state index is 12.0. The van der Waals surface area contributed by atoms with Crippen molar-refractivity contribution in [3.8, 4) is 0 Å². The van der Waals surface area contributed by atoms with Crippen LogP contribution in [0.2, 0.25) is 0 Å². The highest BCUT2D eigenvalue weighted by molar-refractivity contribution is 7.80. The van der Waals surface area contributed by atoms with Gasteiger partial charge in [0.15, 0.2) is 0 Å². The van der Waals surface area contributed by atoms with Crippen LogP contribution in [-0.4, -0.2) is 15.9 Å². The van der Waals surface area contributed by atoms with Crippen molar-refractivity contribution >= 4 is 28.8 Å². The van der Waals surface area contributed by atoms with E-state index in [1.807, 2.05) is 50.2 Å². The van der Waals surface area contributed by atoms with Crippen molar-refractivity contribution in [3.63, 3.8) is 0 Å². The fraction of sp³-hybridized carbons (Fsp3) is 0.188. The monoisotopic (exact) mass is 299 g/mol. The molecule has 0 aliphatic heterocycles. The molecule has 108 valence electrons. The van der Waals surface area contributed by atoms with Gasteiger partial charge in [-0.15, -0.1) is 0 Å². The largest absolute Gasteiger partial charge is 0.389 e. The zero-order chi connectivity index (χ0) is 15.4. The van der Waals surface area contributed by atoms with Gasteiger partial charge in [0.05, 0.1) is 17.8 Å². The molecule has 0 spiro atoms. The second-order valence-corrected chi connectivity index (χ2v) is 5.31. The van der Waals surface area contributed by atoms with Gasteiger partial charge in [-0.2, -0.15) is 0 Å². The molecular weight excluding hydrogens is 282 g/mol. The van der Waals surface area contributed by atoms with Gasteiger partial charge in [0.2, 0.25) is 5.91 Å². The second-order valence-electron chi connectivity index (χ2n) is 4.87. The van der Waals surface area contributed by atoms with Crippen molar-refractivity contribution in [1.82, 2.24) is 4.98 Å². The number of amides is 1. The predicted molar refractivity (Wildman–Crippen MR) is 88.4 cm³/mol. The SMILES string of the molecule is Cc1ccc(NC(=O)Cc2ccc(C(N)=S)cc2)c(C)n1. The van der Waals surface area contributed by atoms with Crippen molar-refractivity contribution in [2.24, 2.45) is 5.73 Å². The number of nitrogens with two attached hydrogens (primary N) is 1. The van der Waals surface area contributed by atoms with Gasteiger partial charge >= 0.3 is 0 Å². The lowest BCUT2D eigenvalue weighted by Crippen LogP contribution is -2.16. The maximum Gasteiger partial charge on any atom is 0.228 e. The van der Waals surface area contributed by atoms with E-state index in [9.17, 15) is 4.79 Å². The number of hydrogen-bond donors (Lipinski definition) is 2. The number of carbonyl (C=O) groups excluding carboxylic acids is 1. The highest BCUT2D eigenvalue weighted by Crippen LogP contribution is 2.13. The number of pyridine rings is 1. The van der Waals surface area contributed by atoms with Crippen LogP contribution in [0, 0.1) is 13.8 Å². The summed E-state index contributed by atoms with van der Waals surface area (Å²) in [6.07, 6.45) is 0.297. The molecule has 2 rings (SSSR count). The molecule has 1 aromatic carbocycles. The second kappa shape index (κ2) is 6.45. The van der Waals surface area contributed by atoms with Gasteiger partial charge in [-0.3, -0.25) is 9.78 Å². The molecule has 1 amide bonds. The number of hydrogen-bond acceptors (Lipinski definition) is 3. The van der Waals surface area contributed by atoms with Gasteiger partial charge in [-0.05, 0) is 31.5 Å². The molecule has 0 unspecified atom stereocenters. The van der Waals surface area contributed by atoms with E-state index in [1.165, 1.54) is 0 Å². The van der Waals surface area contributed by atoms with Crippen molar-refractivity contribution in [1.29, 1.82) is 0 Å². The van der Waals surface area contributed by atoms with E-state index in [4.69, 9.17) is 18.0 Å². The molecule has 5 heteroatoms. The lowest BCUT2D eigenvalue weighted by atomic mass is 10.1. The normalized spacial score (nSPS) is 10.2. The number of carbonyl (C=O) groups is 1. The van der Waals surface area contributed by atoms with Crippen molar-refractivity contribution < 1.29 is 4.79 Å². The van der Waals surface area contributed by atoms with Crippen LogP contribution in [0.1, 0.15) is 22.5 Å². The summed E-state index contributed by atoms with van der Waals surface area (Å²) in [5.41, 5.74) is 9.73. The molecule has 0 aliphatic rings. The summed E-state index contributed by atoms with van der Waals surface area (Å²) in [5.74, 6) is -0.0770. The smallest absolute Gasteiger partial charge is 0.228 e. The van der Waals surface area contributed by atoms with Crippen LogP contribution in [0.4, 0.5) is 5.69 Å². The first kappa shape index (κ1) is 15.1. The molecule has 0 atom stereocenters. The Morgan fingerprint density at radius 3 is 2.43 bits per heavy atom. The Balaban J connectivity index is 2.02. The summed E-state index contributed by atoms with van der Waals surface area (Å²) in [6, 6.07) is 11.1. The topological polar surface area (TPSA) is 68.0 Å². The summed E-state index contributed by atoms with van der Waals surface area (Å²) >= 11 is 4.90. The van der Waals surface area contributed by atoms with E-state index in [0.717, 1.165) is 28.2 Å². The average molecular weight is 299 g/mol. The summed E-state index contributed by atoms with van der Waals surface area (Å²) < 4.78 is 0. The Morgan fingerprint density at radius 2 is 1.86 bits per heavy atom. The fourth-order valence-electron chi connectivity index (χ4n) is 1.99. The number of aryl methyl sites for hydroxylation is 2. The first-order valence-electron chi connectivity index (χ1n) is 6.58. The van der Waals surface area contributed by atoms with Gasteiger partial charge in [0, 0.05) is 11.3 Å². The van der Waals surface area contributed by atoms with E-state index in [0.29, 0.717) is 11.4 Å². The van der Waals surface area contributed by atoms with Gasteiger partial charge in [-0.1, -0.05) is 36.5 Å². The number of thiocarbonyl (C=S) groups is 1. The van der Waals surface area contributed by atoms with Gasteiger partial charge in [-0.25, -0.2) is 0 Å². The number of benzene rings is 1. The highest BCUT2D eigenvalue weighted by atomic mass is 32.1. The Labute approximate surface area is 129 Å². The quantitative estimate of drug-likeness (QED) is 0.851. The van der Waals surface area contributed by atoms with E-state index < -0.39 is 0 Å². The molecule has 0 aliphatic carbocycles. The van der Waals surface area contributed by atoms with E-state index in [2.05, 4.69) is 10.3 Å². The molecule has 4 nitrogen and oxygen atoms in total. The molecule has 0 radical (unpaired) electrons. The fourth-order valence-corrected chi connectivity index (χ4v) is 2.12. The summed E-state index contributed by atoms with van der Waals surface area (Å²) in [6.45, 7) is 3.79. The van der Waals surface area contributed by atoms with E-state index in [-0.39, 0.29) is 5.91 Å². The van der Waals surface area contributed by atoms with Crippen molar-refractivity contribution in [2.75, 3.05) is 5.32 Å². The van der Waals surface area contributed by atoms with Crippen LogP contribution in [-0.2, 0) is 11.2 Å². The lowest BCUT2D eigenvalue weighted by Gasteiger charge is -2.08. The number of nitrogens with one attached hydrogen (secondary N) is 1. The predicted octanol–water partition coefficient (Wildman–Crippen LogP) is 2.51. The van der Waals surface area contributed by atoms with Crippen LogP contribution >= 0.6 is 12.2 Å². The molecule has 3 N–H and O–H groups in total. The number of nitrogens with zero attached hydrogens (tertiary/aromatic N) is 1. The van der Waals surface area contributed by atoms with Gasteiger partial charge in [0.1, 0.15) is 4.99 Å². The van der Waals surface area contributed by atoms with E-state index in [1.54, 1.807) is 0 Å². The minimum absolute atomic E-state index is 0.0770. The number of anilines is 1. The molecule has 0 saturated heterocycles.